The highest BCUT2D eigenvalue weighted by Crippen LogP contribution is 2.66. The van der Waals surface area contributed by atoms with E-state index in [-0.39, 0.29) is 17.9 Å². The summed E-state index contributed by atoms with van der Waals surface area (Å²) in [6, 6.07) is 0. The van der Waals surface area contributed by atoms with Gasteiger partial charge in [0.1, 0.15) is 0 Å². The lowest BCUT2D eigenvalue weighted by Gasteiger charge is -2.58. The maximum atomic E-state index is 11.6. The summed E-state index contributed by atoms with van der Waals surface area (Å²) < 4.78 is 5.30. The first-order valence-electron chi connectivity index (χ1n) is 11.3. The molecule has 0 amide bonds. The van der Waals surface area contributed by atoms with Crippen molar-refractivity contribution in [3.63, 3.8) is 0 Å². The van der Waals surface area contributed by atoms with Gasteiger partial charge in [0, 0.05) is 19.6 Å². The van der Waals surface area contributed by atoms with E-state index in [1.54, 1.807) is 7.11 Å². The number of rotatable bonds is 4. The minimum absolute atomic E-state index is 0.0425. The van der Waals surface area contributed by atoms with Gasteiger partial charge in [0.05, 0.1) is 17.8 Å². The lowest BCUT2D eigenvalue weighted by atomic mass is 9.48. The number of hydrogen-bond donors (Lipinski definition) is 3. The van der Waals surface area contributed by atoms with Crippen LogP contribution in [-0.4, -0.2) is 46.8 Å². The van der Waals surface area contributed by atoms with Crippen LogP contribution in [0, 0.1) is 40.9 Å². The zero-order valence-corrected chi connectivity index (χ0v) is 17.5. The molecule has 4 aliphatic rings. The van der Waals surface area contributed by atoms with E-state index in [1.165, 1.54) is 19.3 Å². The third-order valence-electron chi connectivity index (χ3n) is 9.82. The van der Waals surface area contributed by atoms with Crippen LogP contribution in [0.25, 0.3) is 0 Å². The van der Waals surface area contributed by atoms with Crippen molar-refractivity contribution in [1.29, 1.82) is 0 Å². The van der Waals surface area contributed by atoms with Gasteiger partial charge in [-0.3, -0.25) is 0 Å². The van der Waals surface area contributed by atoms with E-state index in [9.17, 15) is 15.3 Å². The van der Waals surface area contributed by atoms with Crippen molar-refractivity contribution in [3.05, 3.63) is 0 Å². The Hall–Kier alpha value is -0.160. The molecule has 0 aromatic carbocycles. The molecule has 4 nitrogen and oxygen atoms in total. The first kappa shape index (κ1) is 20.1. The van der Waals surface area contributed by atoms with Crippen LogP contribution in [0.2, 0.25) is 0 Å². The molecule has 0 aromatic heterocycles. The van der Waals surface area contributed by atoms with Crippen LogP contribution < -0.4 is 0 Å². The number of hydrogen-bond acceptors (Lipinski definition) is 4. The zero-order valence-electron chi connectivity index (χ0n) is 17.5. The van der Waals surface area contributed by atoms with Crippen LogP contribution in [0.4, 0.5) is 0 Å². The molecule has 1 unspecified atom stereocenters. The van der Waals surface area contributed by atoms with Crippen LogP contribution in [0.1, 0.15) is 71.6 Å². The Morgan fingerprint density at radius 2 is 1.70 bits per heavy atom. The number of ether oxygens (including phenoxy) is 1. The standard InChI is InChI=1S/C23H40O4/c1-15(13-24)23(26)11-8-20-19-5-4-16-12-22(25,14-27-3)10-7-17(16)18(19)6-9-21(20,23)2/h15-20,24-26H,4-14H2,1-3H3/t15?,16-,17+,18-,19-,20+,21+,22-,23+/m1/s1. The van der Waals surface area contributed by atoms with E-state index in [4.69, 9.17) is 4.74 Å². The molecule has 0 saturated heterocycles. The molecular weight excluding hydrogens is 340 g/mol. The molecule has 4 saturated carbocycles. The van der Waals surface area contributed by atoms with Crippen LogP contribution in [0.15, 0.2) is 0 Å². The lowest BCUT2D eigenvalue weighted by Crippen LogP contribution is -2.57. The quantitative estimate of drug-likeness (QED) is 0.699. The van der Waals surface area contributed by atoms with Crippen molar-refractivity contribution in [2.75, 3.05) is 20.3 Å². The van der Waals surface area contributed by atoms with Gasteiger partial charge < -0.3 is 20.1 Å². The highest BCUT2D eigenvalue weighted by molar-refractivity contribution is 5.13. The Balaban J connectivity index is 1.52. The summed E-state index contributed by atoms with van der Waals surface area (Å²) in [5.41, 5.74) is -1.37. The first-order chi connectivity index (χ1) is 12.8. The predicted molar refractivity (Wildman–Crippen MR) is 105 cm³/mol. The molecule has 3 N–H and O–H groups in total. The predicted octanol–water partition coefficient (Wildman–Crippen LogP) is 3.38. The van der Waals surface area contributed by atoms with Crippen molar-refractivity contribution in [2.24, 2.45) is 40.9 Å². The number of aliphatic hydroxyl groups is 3. The highest BCUT2D eigenvalue weighted by atomic mass is 16.5. The zero-order chi connectivity index (χ0) is 19.4. The molecule has 0 radical (unpaired) electrons. The third-order valence-corrected chi connectivity index (χ3v) is 9.82. The van der Waals surface area contributed by atoms with Crippen LogP contribution in [0.5, 0.6) is 0 Å². The van der Waals surface area contributed by atoms with Crippen molar-refractivity contribution >= 4 is 0 Å². The van der Waals surface area contributed by atoms with Gasteiger partial charge in [0.15, 0.2) is 0 Å². The smallest absolute Gasteiger partial charge is 0.0882 e. The van der Waals surface area contributed by atoms with E-state index in [0.717, 1.165) is 56.3 Å². The SMILES string of the molecule is COC[C@@]1(O)CC[C@H]2[C@H](CC[C@@H]3[C@@H]2CC[C@@]2(C)[C@H]3CC[C@]2(O)C(C)CO)C1. The summed E-state index contributed by atoms with van der Waals surface area (Å²) >= 11 is 0. The molecular formula is C23H40O4. The van der Waals surface area contributed by atoms with E-state index in [0.29, 0.717) is 18.4 Å². The fourth-order valence-electron chi connectivity index (χ4n) is 8.37. The van der Waals surface area contributed by atoms with Gasteiger partial charge in [-0.2, -0.15) is 0 Å². The normalized spacial score (nSPS) is 53.3. The van der Waals surface area contributed by atoms with Crippen LogP contribution in [0.3, 0.4) is 0 Å². The Labute approximate surface area is 164 Å². The fraction of sp³-hybridized carbons (Fsp3) is 1.00. The largest absolute Gasteiger partial charge is 0.396 e. The average Bonchev–Trinajstić information content (AvgIpc) is 2.93. The van der Waals surface area contributed by atoms with Gasteiger partial charge in [0.25, 0.3) is 0 Å². The lowest BCUT2D eigenvalue weighted by molar-refractivity contribution is -0.167. The molecule has 4 rings (SSSR count). The first-order valence-corrected chi connectivity index (χ1v) is 11.3. The summed E-state index contributed by atoms with van der Waals surface area (Å²) in [6.07, 6.45) is 9.64. The van der Waals surface area contributed by atoms with E-state index in [2.05, 4.69) is 6.92 Å². The molecule has 4 fully saturated rings. The molecule has 4 aliphatic carbocycles. The Morgan fingerprint density at radius 3 is 2.41 bits per heavy atom. The van der Waals surface area contributed by atoms with Gasteiger partial charge in [0.2, 0.25) is 0 Å². The minimum Gasteiger partial charge on any atom is -0.396 e. The maximum Gasteiger partial charge on any atom is 0.0882 e. The van der Waals surface area contributed by atoms with Crippen molar-refractivity contribution in [2.45, 2.75) is 82.8 Å². The van der Waals surface area contributed by atoms with Gasteiger partial charge >= 0.3 is 0 Å². The molecule has 0 aliphatic heterocycles. The second-order valence-electron chi connectivity index (χ2n) is 10.8. The van der Waals surface area contributed by atoms with Gasteiger partial charge in [-0.25, -0.2) is 0 Å². The molecule has 0 spiro atoms. The second-order valence-corrected chi connectivity index (χ2v) is 10.8. The highest BCUT2D eigenvalue weighted by Gasteiger charge is 2.64. The summed E-state index contributed by atoms with van der Waals surface area (Å²) in [6.45, 7) is 4.89. The van der Waals surface area contributed by atoms with Crippen molar-refractivity contribution < 1.29 is 20.1 Å². The molecule has 156 valence electrons. The second kappa shape index (κ2) is 6.97. The fourth-order valence-corrected chi connectivity index (χ4v) is 8.37. The molecule has 4 heteroatoms. The Morgan fingerprint density at radius 1 is 0.963 bits per heavy atom. The average molecular weight is 381 g/mol. The molecule has 0 heterocycles. The molecule has 27 heavy (non-hydrogen) atoms. The van der Waals surface area contributed by atoms with Gasteiger partial charge in [-0.05, 0) is 92.8 Å². The van der Waals surface area contributed by atoms with Crippen molar-refractivity contribution in [1.82, 2.24) is 0 Å². The monoisotopic (exact) mass is 380 g/mol. The maximum absolute atomic E-state index is 11.6. The summed E-state index contributed by atoms with van der Waals surface area (Å²) in [5, 5.41) is 32.2. The van der Waals surface area contributed by atoms with E-state index in [1.807, 2.05) is 6.92 Å². The molecule has 0 bridgehead atoms. The number of aliphatic hydroxyl groups excluding tert-OH is 1. The topological polar surface area (TPSA) is 69.9 Å². The molecule has 0 aromatic rings. The number of fused-ring (bicyclic) bond motifs is 5. The van der Waals surface area contributed by atoms with Crippen LogP contribution in [-0.2, 0) is 4.74 Å². The van der Waals surface area contributed by atoms with Gasteiger partial charge in [-0.1, -0.05) is 13.8 Å². The number of methoxy groups -OCH3 is 1. The van der Waals surface area contributed by atoms with E-state index < -0.39 is 11.2 Å². The Kier molecular flexibility index (Phi) is 5.19. The Bertz CT molecular complexity index is 552. The van der Waals surface area contributed by atoms with Crippen molar-refractivity contribution in [3.8, 4) is 0 Å². The summed E-state index contributed by atoms with van der Waals surface area (Å²) in [7, 11) is 1.69. The van der Waals surface area contributed by atoms with Gasteiger partial charge in [-0.15, -0.1) is 0 Å². The van der Waals surface area contributed by atoms with Crippen LogP contribution >= 0.6 is 0 Å². The third kappa shape index (κ3) is 2.93. The minimum atomic E-state index is -0.709. The molecule has 9 atom stereocenters. The summed E-state index contributed by atoms with van der Waals surface area (Å²) in [5.74, 6) is 3.42. The summed E-state index contributed by atoms with van der Waals surface area (Å²) in [4.78, 5) is 0. The van der Waals surface area contributed by atoms with E-state index >= 15 is 0 Å².